The average Bonchev–Trinajstić information content (AvgIpc) is 2.18. The number of methoxy groups -OCH3 is 1. The Balaban J connectivity index is 2.96. The van der Waals surface area contributed by atoms with Gasteiger partial charge in [0.05, 0.1) is 11.6 Å². The fraction of sp³-hybridized carbons (Fsp3) is 0.364. The van der Waals surface area contributed by atoms with Crippen LogP contribution in [0.4, 0.5) is 0 Å². The molecule has 0 aromatic heterocycles. The molecule has 0 unspecified atom stereocenters. The lowest BCUT2D eigenvalue weighted by molar-refractivity contribution is -0.107. The number of hydrogen-bond donors (Lipinski definition) is 0. The van der Waals surface area contributed by atoms with Crippen LogP contribution in [0.3, 0.4) is 0 Å². The Morgan fingerprint density at radius 3 is 2.79 bits per heavy atom. The largest absolute Gasteiger partial charge is 0.496 e. The Bertz CT molecular complexity index is 334. The fourth-order valence-corrected chi connectivity index (χ4v) is 1.89. The van der Waals surface area contributed by atoms with Crippen molar-refractivity contribution in [3.05, 3.63) is 27.7 Å². The van der Waals surface area contributed by atoms with Gasteiger partial charge in [-0.2, -0.15) is 0 Å². The van der Waals surface area contributed by atoms with Crippen molar-refractivity contribution in [1.82, 2.24) is 0 Å². The monoisotopic (exact) mass is 256 g/mol. The van der Waals surface area contributed by atoms with E-state index in [4.69, 9.17) is 4.74 Å². The minimum atomic E-state index is 0.569. The molecule has 0 aliphatic carbocycles. The molecule has 0 atom stereocenters. The van der Waals surface area contributed by atoms with Gasteiger partial charge in [-0.15, -0.1) is 0 Å². The van der Waals surface area contributed by atoms with Crippen LogP contribution in [0, 0.1) is 6.92 Å². The highest BCUT2D eigenvalue weighted by atomic mass is 79.9. The van der Waals surface area contributed by atoms with Gasteiger partial charge < -0.3 is 9.53 Å². The molecule has 2 nitrogen and oxygen atoms in total. The van der Waals surface area contributed by atoms with Crippen molar-refractivity contribution in [2.45, 2.75) is 19.8 Å². The van der Waals surface area contributed by atoms with Crippen LogP contribution in [0.2, 0.25) is 0 Å². The van der Waals surface area contributed by atoms with Gasteiger partial charge in [-0.3, -0.25) is 0 Å². The highest BCUT2D eigenvalue weighted by Gasteiger charge is 2.05. The Hall–Kier alpha value is -0.830. The third-order valence-electron chi connectivity index (χ3n) is 2.14. The minimum Gasteiger partial charge on any atom is -0.496 e. The van der Waals surface area contributed by atoms with E-state index in [1.54, 1.807) is 7.11 Å². The molecule has 0 heterocycles. The Kier molecular flexibility index (Phi) is 4.14. The molecule has 0 amide bonds. The molecule has 0 radical (unpaired) electrons. The van der Waals surface area contributed by atoms with Crippen molar-refractivity contribution >= 4 is 22.2 Å². The summed E-state index contributed by atoms with van der Waals surface area (Å²) < 4.78 is 6.11. The van der Waals surface area contributed by atoms with Crippen molar-refractivity contribution in [3.8, 4) is 5.75 Å². The van der Waals surface area contributed by atoms with E-state index in [-0.39, 0.29) is 0 Å². The summed E-state index contributed by atoms with van der Waals surface area (Å²) in [6.45, 7) is 2.02. The highest BCUT2D eigenvalue weighted by Crippen LogP contribution is 2.28. The van der Waals surface area contributed by atoms with E-state index in [0.717, 1.165) is 28.5 Å². The average molecular weight is 257 g/mol. The Morgan fingerprint density at radius 1 is 1.50 bits per heavy atom. The third-order valence-corrected chi connectivity index (χ3v) is 2.76. The van der Waals surface area contributed by atoms with E-state index in [1.165, 1.54) is 5.56 Å². The summed E-state index contributed by atoms with van der Waals surface area (Å²) in [6, 6.07) is 3.99. The zero-order valence-corrected chi connectivity index (χ0v) is 9.93. The molecule has 0 bridgehead atoms. The van der Waals surface area contributed by atoms with Crippen LogP contribution in [-0.4, -0.2) is 13.4 Å². The normalized spacial score (nSPS) is 9.93. The predicted octanol–water partition coefficient (Wildman–Crippen LogP) is 2.90. The molecular formula is C11H13BrO2. The lowest BCUT2D eigenvalue weighted by Gasteiger charge is -2.09. The van der Waals surface area contributed by atoms with Gasteiger partial charge in [-0.25, -0.2) is 0 Å². The van der Waals surface area contributed by atoms with E-state index >= 15 is 0 Å². The maximum Gasteiger partial charge on any atom is 0.133 e. The molecule has 14 heavy (non-hydrogen) atoms. The molecule has 0 saturated carbocycles. The summed E-state index contributed by atoms with van der Waals surface area (Å²) in [5, 5.41) is 0. The first kappa shape index (κ1) is 11.2. The first-order chi connectivity index (χ1) is 6.69. The first-order valence-electron chi connectivity index (χ1n) is 4.45. The van der Waals surface area contributed by atoms with Gasteiger partial charge in [0, 0.05) is 6.42 Å². The van der Waals surface area contributed by atoms with Crippen molar-refractivity contribution in [1.29, 1.82) is 0 Å². The van der Waals surface area contributed by atoms with Crippen LogP contribution in [0.15, 0.2) is 16.6 Å². The zero-order chi connectivity index (χ0) is 10.6. The van der Waals surface area contributed by atoms with Crippen molar-refractivity contribution in [2.75, 3.05) is 7.11 Å². The second kappa shape index (κ2) is 5.15. The fourth-order valence-electron chi connectivity index (χ4n) is 1.34. The van der Waals surface area contributed by atoms with Crippen molar-refractivity contribution in [3.63, 3.8) is 0 Å². The summed E-state index contributed by atoms with van der Waals surface area (Å²) in [5.41, 5.74) is 2.34. The molecule has 0 saturated heterocycles. The van der Waals surface area contributed by atoms with E-state index in [2.05, 4.69) is 15.9 Å². The van der Waals surface area contributed by atoms with E-state index in [0.29, 0.717) is 6.42 Å². The summed E-state index contributed by atoms with van der Waals surface area (Å²) in [7, 11) is 1.64. The molecule has 0 spiro atoms. The summed E-state index contributed by atoms with van der Waals surface area (Å²) in [5.74, 6) is 0.831. The molecule has 0 aliphatic rings. The zero-order valence-electron chi connectivity index (χ0n) is 8.34. The van der Waals surface area contributed by atoms with E-state index in [9.17, 15) is 4.79 Å². The van der Waals surface area contributed by atoms with Crippen LogP contribution in [0.1, 0.15) is 17.5 Å². The van der Waals surface area contributed by atoms with Gasteiger partial charge in [0.25, 0.3) is 0 Å². The van der Waals surface area contributed by atoms with Gasteiger partial charge in [0.1, 0.15) is 12.0 Å². The maximum atomic E-state index is 10.3. The van der Waals surface area contributed by atoms with Gasteiger partial charge in [0.15, 0.2) is 0 Å². The number of hydrogen-bond acceptors (Lipinski definition) is 2. The third kappa shape index (κ3) is 2.58. The van der Waals surface area contributed by atoms with Gasteiger partial charge in [0.2, 0.25) is 0 Å². The molecule has 76 valence electrons. The Labute approximate surface area is 92.4 Å². The lowest BCUT2D eigenvalue weighted by atomic mass is 10.0. The van der Waals surface area contributed by atoms with Crippen LogP contribution >= 0.6 is 15.9 Å². The van der Waals surface area contributed by atoms with Crippen LogP contribution in [0.5, 0.6) is 5.75 Å². The number of carbonyl (C=O) groups is 1. The molecule has 1 aromatic rings. The molecule has 0 N–H and O–H groups in total. The molecule has 1 rings (SSSR count). The summed E-state index contributed by atoms with van der Waals surface area (Å²) in [6.07, 6.45) is 2.30. The second-order valence-electron chi connectivity index (χ2n) is 3.12. The van der Waals surface area contributed by atoms with Gasteiger partial charge in [-0.1, -0.05) is 0 Å². The molecule has 0 aliphatic heterocycles. The first-order valence-corrected chi connectivity index (χ1v) is 5.25. The summed E-state index contributed by atoms with van der Waals surface area (Å²) >= 11 is 3.42. The smallest absolute Gasteiger partial charge is 0.133 e. The summed E-state index contributed by atoms with van der Waals surface area (Å²) in [4.78, 5) is 10.3. The van der Waals surface area contributed by atoms with Crippen LogP contribution < -0.4 is 4.74 Å². The molecule has 3 heteroatoms. The quantitative estimate of drug-likeness (QED) is 0.775. The number of halogens is 1. The van der Waals surface area contributed by atoms with Gasteiger partial charge in [-0.05, 0) is 52.5 Å². The van der Waals surface area contributed by atoms with Gasteiger partial charge >= 0.3 is 0 Å². The number of carbonyl (C=O) groups excluding carboxylic acids is 1. The standard InChI is InChI=1S/C11H13BrO2/c1-8-6-11(14-2)10(12)7-9(8)4-3-5-13/h5-7H,3-4H2,1-2H3. The number of benzene rings is 1. The van der Waals surface area contributed by atoms with Crippen molar-refractivity contribution < 1.29 is 9.53 Å². The topological polar surface area (TPSA) is 26.3 Å². The minimum absolute atomic E-state index is 0.569. The van der Waals surface area contributed by atoms with E-state index < -0.39 is 0 Å². The molecular weight excluding hydrogens is 244 g/mol. The van der Waals surface area contributed by atoms with Crippen LogP contribution in [-0.2, 0) is 11.2 Å². The van der Waals surface area contributed by atoms with Crippen molar-refractivity contribution in [2.24, 2.45) is 0 Å². The highest BCUT2D eigenvalue weighted by molar-refractivity contribution is 9.10. The number of aldehydes is 1. The SMILES string of the molecule is COc1cc(C)c(CCC=O)cc1Br. The molecule has 1 aromatic carbocycles. The maximum absolute atomic E-state index is 10.3. The lowest BCUT2D eigenvalue weighted by Crippen LogP contribution is -1.93. The molecule has 0 fully saturated rings. The second-order valence-corrected chi connectivity index (χ2v) is 3.97. The van der Waals surface area contributed by atoms with E-state index in [1.807, 2.05) is 19.1 Å². The number of rotatable bonds is 4. The predicted molar refractivity (Wildman–Crippen MR) is 59.8 cm³/mol. The Morgan fingerprint density at radius 2 is 2.21 bits per heavy atom. The number of aryl methyl sites for hydroxylation is 2. The number of ether oxygens (including phenoxy) is 1. The van der Waals surface area contributed by atoms with Crippen LogP contribution in [0.25, 0.3) is 0 Å².